The topological polar surface area (TPSA) is 54.4 Å². The minimum absolute atomic E-state index is 1.18. The van der Waals surface area contributed by atoms with Crippen molar-refractivity contribution in [3.8, 4) is 0 Å². The van der Waals surface area contributed by atoms with Crippen LogP contribution in [0.4, 0.5) is 8.78 Å². The van der Waals surface area contributed by atoms with Gasteiger partial charge in [-0.25, -0.2) is 0 Å². The van der Waals surface area contributed by atoms with Crippen LogP contribution in [0.1, 0.15) is 38.5 Å². The van der Waals surface area contributed by atoms with Gasteiger partial charge in [-0.05, 0) is 62.2 Å². The van der Waals surface area contributed by atoms with Crippen molar-refractivity contribution in [2.24, 2.45) is 23.7 Å². The smallest absolute Gasteiger partial charge is 0.281 e. The van der Waals surface area contributed by atoms with Crippen LogP contribution in [-0.4, -0.2) is 18.7 Å². The van der Waals surface area contributed by atoms with Crippen LogP contribution in [-0.2, 0) is 10.1 Å². The molecule has 0 amide bonds. The fourth-order valence-electron chi connectivity index (χ4n) is 3.98. The molecule has 0 aromatic carbocycles. The minimum Gasteiger partial charge on any atom is -0.281 e. The highest BCUT2D eigenvalue weighted by Crippen LogP contribution is 2.53. The molecular weight excluding hydrogens is 250 g/mol. The first-order valence-corrected chi connectivity index (χ1v) is 7.59. The Bertz CT molecular complexity index is 310. The zero-order chi connectivity index (χ0) is 12.6. The van der Waals surface area contributed by atoms with E-state index in [1.165, 1.54) is 23.7 Å². The van der Waals surface area contributed by atoms with E-state index in [0.29, 0.717) is 0 Å². The predicted octanol–water partition coefficient (Wildman–Crippen LogP) is 2.93. The van der Waals surface area contributed by atoms with Gasteiger partial charge in [-0.15, -0.1) is 0 Å². The monoisotopic (exact) mass is 268 g/mol. The van der Waals surface area contributed by atoms with Gasteiger partial charge in [0, 0.05) is 0 Å². The number of hydrogen-bond acceptors (Lipinski definition) is 2. The Morgan fingerprint density at radius 2 is 1.00 bits per heavy atom. The second kappa shape index (κ2) is 4.80. The standard InChI is InChI=1S/C10H16.CH2F2O3S/c1-7-2-9-4-8(1)5-10(3-7)6-9;2-1(3)7(4,5)6/h7-10H,1-6H2;1H,(H,4,5,6). The summed E-state index contributed by atoms with van der Waals surface area (Å²) in [6.07, 6.45) is 9.62. The van der Waals surface area contributed by atoms with Gasteiger partial charge in [0.1, 0.15) is 0 Å². The van der Waals surface area contributed by atoms with Gasteiger partial charge in [0.2, 0.25) is 0 Å². The Kier molecular flexibility index (Phi) is 3.73. The first-order chi connectivity index (χ1) is 7.84. The van der Waals surface area contributed by atoms with E-state index in [1.807, 2.05) is 0 Å². The van der Waals surface area contributed by atoms with Crippen LogP contribution in [0.2, 0.25) is 0 Å². The lowest BCUT2D eigenvalue weighted by Gasteiger charge is -2.49. The second-order valence-corrected chi connectivity index (χ2v) is 7.04. The number of alkyl halides is 2. The highest BCUT2D eigenvalue weighted by molar-refractivity contribution is 7.86. The lowest BCUT2D eigenvalue weighted by atomic mass is 9.56. The first-order valence-electron chi connectivity index (χ1n) is 6.09. The Morgan fingerprint density at radius 3 is 1.12 bits per heavy atom. The first kappa shape index (κ1) is 13.2. The summed E-state index contributed by atoms with van der Waals surface area (Å²) < 4.78 is 47.0. The molecule has 0 heterocycles. The van der Waals surface area contributed by atoms with Gasteiger partial charge < -0.3 is 0 Å². The van der Waals surface area contributed by atoms with E-state index in [-0.39, 0.29) is 0 Å². The van der Waals surface area contributed by atoms with Crippen molar-refractivity contribution in [1.29, 1.82) is 0 Å². The molecule has 0 unspecified atom stereocenters. The Hall–Kier alpha value is -0.230. The molecule has 0 aliphatic heterocycles. The molecule has 4 aliphatic carbocycles. The van der Waals surface area contributed by atoms with Gasteiger partial charge in [0.25, 0.3) is 0 Å². The van der Waals surface area contributed by atoms with Crippen molar-refractivity contribution < 1.29 is 21.8 Å². The quantitative estimate of drug-likeness (QED) is 0.744. The lowest BCUT2D eigenvalue weighted by molar-refractivity contribution is 0.0198. The zero-order valence-corrected chi connectivity index (χ0v) is 10.4. The number of halogens is 2. The third kappa shape index (κ3) is 3.37. The number of hydrogen-bond donors (Lipinski definition) is 1. The molecule has 4 aliphatic rings. The van der Waals surface area contributed by atoms with Crippen LogP contribution in [0.3, 0.4) is 0 Å². The lowest BCUT2D eigenvalue weighted by Crippen LogP contribution is -2.38. The fraction of sp³-hybridized carbons (Fsp3) is 1.00. The SMILES string of the molecule is C1C2CC3CC1CC(C2)C3.O=S(=O)(O)C(F)F. The van der Waals surface area contributed by atoms with Crippen molar-refractivity contribution in [3.05, 3.63) is 0 Å². The molecular formula is C11H18F2O3S. The van der Waals surface area contributed by atoms with Crippen molar-refractivity contribution in [1.82, 2.24) is 0 Å². The van der Waals surface area contributed by atoms with Crippen LogP contribution in [0.25, 0.3) is 0 Å². The molecule has 100 valence electrons. The third-order valence-electron chi connectivity index (χ3n) is 4.23. The molecule has 1 N–H and O–H groups in total. The van der Waals surface area contributed by atoms with Gasteiger partial charge in [-0.3, -0.25) is 4.55 Å². The van der Waals surface area contributed by atoms with E-state index in [4.69, 9.17) is 13.0 Å². The average molecular weight is 268 g/mol. The van der Waals surface area contributed by atoms with Crippen LogP contribution in [0, 0.1) is 23.7 Å². The molecule has 0 spiro atoms. The fourth-order valence-corrected chi connectivity index (χ4v) is 3.98. The Morgan fingerprint density at radius 1 is 0.824 bits per heavy atom. The highest BCUT2D eigenvalue weighted by atomic mass is 32.2. The average Bonchev–Trinajstić information content (AvgIpc) is 2.14. The summed E-state index contributed by atoms with van der Waals surface area (Å²) in [4.78, 5) is 0. The largest absolute Gasteiger partial charge is 0.361 e. The van der Waals surface area contributed by atoms with Gasteiger partial charge >= 0.3 is 15.9 Å². The normalized spacial score (nSPS) is 39.1. The molecule has 0 radical (unpaired) electrons. The van der Waals surface area contributed by atoms with E-state index in [9.17, 15) is 8.78 Å². The number of rotatable bonds is 1. The Balaban J connectivity index is 0.000000139. The van der Waals surface area contributed by atoms with E-state index in [1.54, 1.807) is 38.5 Å². The van der Waals surface area contributed by atoms with E-state index in [2.05, 4.69) is 0 Å². The van der Waals surface area contributed by atoms with Crippen LogP contribution in [0.5, 0.6) is 0 Å². The molecule has 0 aromatic heterocycles. The maximum Gasteiger partial charge on any atom is 0.361 e. The summed E-state index contributed by atoms with van der Waals surface area (Å²) in [7, 11) is -5.07. The van der Waals surface area contributed by atoms with Crippen LogP contribution < -0.4 is 0 Å². The van der Waals surface area contributed by atoms with Gasteiger partial charge in [0.05, 0.1) is 0 Å². The van der Waals surface area contributed by atoms with E-state index >= 15 is 0 Å². The van der Waals surface area contributed by atoms with Gasteiger partial charge in [0.15, 0.2) is 0 Å². The minimum atomic E-state index is -5.07. The van der Waals surface area contributed by atoms with Crippen molar-refractivity contribution in [2.75, 3.05) is 0 Å². The molecule has 4 fully saturated rings. The van der Waals surface area contributed by atoms with Crippen molar-refractivity contribution >= 4 is 10.1 Å². The molecule has 0 aromatic rings. The van der Waals surface area contributed by atoms with Gasteiger partial charge in [-0.2, -0.15) is 17.2 Å². The molecule has 0 atom stereocenters. The van der Waals surface area contributed by atoms with Crippen LogP contribution >= 0.6 is 0 Å². The summed E-state index contributed by atoms with van der Waals surface area (Å²) in [5.74, 6) is 1.03. The molecule has 3 nitrogen and oxygen atoms in total. The van der Waals surface area contributed by atoms with Crippen molar-refractivity contribution in [2.45, 2.75) is 44.3 Å². The molecule has 0 saturated heterocycles. The maximum atomic E-state index is 10.7. The summed E-state index contributed by atoms with van der Waals surface area (Å²) in [6, 6.07) is 0. The van der Waals surface area contributed by atoms with E-state index < -0.39 is 15.9 Å². The summed E-state index contributed by atoms with van der Waals surface area (Å²) >= 11 is 0. The summed E-state index contributed by atoms with van der Waals surface area (Å²) in [5.41, 5.74) is 0. The van der Waals surface area contributed by atoms with Crippen molar-refractivity contribution in [3.63, 3.8) is 0 Å². The van der Waals surface area contributed by atoms with E-state index in [0.717, 1.165) is 0 Å². The summed E-state index contributed by atoms with van der Waals surface area (Å²) in [5, 5.41) is 0. The van der Waals surface area contributed by atoms with Crippen LogP contribution in [0.15, 0.2) is 0 Å². The predicted molar refractivity (Wildman–Crippen MR) is 59.2 cm³/mol. The zero-order valence-electron chi connectivity index (χ0n) is 9.56. The second-order valence-electron chi connectivity index (χ2n) is 5.65. The molecule has 6 heteroatoms. The molecule has 4 rings (SSSR count). The molecule has 4 bridgehead atoms. The highest BCUT2D eigenvalue weighted by Gasteiger charge is 2.41. The molecule has 4 saturated carbocycles. The maximum absolute atomic E-state index is 10.7. The third-order valence-corrected chi connectivity index (χ3v) is 4.68. The van der Waals surface area contributed by atoms with Gasteiger partial charge in [-0.1, -0.05) is 0 Å². The Labute approximate surface area is 100 Å². The summed E-state index contributed by atoms with van der Waals surface area (Å²) in [6.45, 7) is 0. The molecule has 17 heavy (non-hydrogen) atoms.